The van der Waals surface area contributed by atoms with Crippen LogP contribution in [0.25, 0.3) is 0 Å². The Hall–Kier alpha value is -3.01. The fourth-order valence-electron chi connectivity index (χ4n) is 3.17. The van der Waals surface area contributed by atoms with Crippen LogP contribution in [0.15, 0.2) is 47.6 Å². The standard InChI is InChI=1S/C21H26F3N5O2/c1-2-25-20(27-14-16-6-3-4-8-18(16)31-21(22,23)24)28-15-17-7-5-9-26-19(17)29-10-12-30-13-11-29/h3-9H,2,10-15H2,1H3,(H2,25,27,28). The van der Waals surface area contributed by atoms with Crippen molar-refractivity contribution in [1.82, 2.24) is 15.6 Å². The van der Waals surface area contributed by atoms with Crippen molar-refractivity contribution in [2.24, 2.45) is 4.99 Å². The van der Waals surface area contributed by atoms with Crippen molar-refractivity contribution in [2.45, 2.75) is 26.4 Å². The summed E-state index contributed by atoms with van der Waals surface area (Å²) in [6, 6.07) is 9.84. The van der Waals surface area contributed by atoms with E-state index in [2.05, 4.69) is 30.2 Å². The summed E-state index contributed by atoms with van der Waals surface area (Å²) in [6.07, 6.45) is -3.00. The minimum atomic E-state index is -4.75. The fourth-order valence-corrected chi connectivity index (χ4v) is 3.17. The van der Waals surface area contributed by atoms with E-state index in [4.69, 9.17) is 4.74 Å². The molecule has 1 aromatic carbocycles. The molecule has 10 heteroatoms. The summed E-state index contributed by atoms with van der Waals surface area (Å²) in [6.45, 7) is 5.89. The molecule has 7 nitrogen and oxygen atoms in total. The summed E-state index contributed by atoms with van der Waals surface area (Å²) in [5, 5.41) is 6.34. The highest BCUT2D eigenvalue weighted by Gasteiger charge is 2.31. The minimum Gasteiger partial charge on any atom is -0.405 e. The highest BCUT2D eigenvalue weighted by atomic mass is 19.4. The second-order valence-corrected chi connectivity index (χ2v) is 6.79. The molecule has 1 saturated heterocycles. The second-order valence-electron chi connectivity index (χ2n) is 6.79. The van der Waals surface area contributed by atoms with Crippen LogP contribution in [-0.4, -0.2) is 50.2 Å². The molecule has 1 aliphatic heterocycles. The average Bonchev–Trinajstić information content (AvgIpc) is 2.76. The molecule has 0 saturated carbocycles. The van der Waals surface area contributed by atoms with E-state index in [0.717, 1.165) is 24.5 Å². The van der Waals surface area contributed by atoms with Crippen molar-refractivity contribution in [3.63, 3.8) is 0 Å². The first kappa shape index (κ1) is 22.7. The Labute approximate surface area is 179 Å². The van der Waals surface area contributed by atoms with Crippen LogP contribution in [0.3, 0.4) is 0 Å². The van der Waals surface area contributed by atoms with E-state index in [1.807, 2.05) is 19.1 Å². The Bertz CT molecular complexity index is 870. The van der Waals surface area contributed by atoms with E-state index < -0.39 is 6.36 Å². The molecule has 0 bridgehead atoms. The maximum atomic E-state index is 12.6. The van der Waals surface area contributed by atoms with Crippen LogP contribution in [0, 0.1) is 0 Å². The summed E-state index contributed by atoms with van der Waals surface area (Å²) in [5.74, 6) is 1.12. The van der Waals surface area contributed by atoms with E-state index in [9.17, 15) is 13.2 Å². The molecule has 3 rings (SSSR count). The van der Waals surface area contributed by atoms with Gasteiger partial charge in [0.2, 0.25) is 0 Å². The zero-order chi connectivity index (χ0) is 22.1. The highest BCUT2D eigenvalue weighted by Crippen LogP contribution is 2.26. The third-order valence-corrected chi connectivity index (χ3v) is 4.57. The van der Waals surface area contributed by atoms with Gasteiger partial charge in [0.1, 0.15) is 11.6 Å². The lowest BCUT2D eigenvalue weighted by Gasteiger charge is -2.29. The van der Waals surface area contributed by atoms with Crippen molar-refractivity contribution >= 4 is 11.8 Å². The molecule has 168 valence electrons. The number of ether oxygens (including phenoxy) is 2. The Kier molecular flexibility index (Phi) is 7.94. The van der Waals surface area contributed by atoms with Crippen LogP contribution in [0.1, 0.15) is 18.1 Å². The van der Waals surface area contributed by atoms with Crippen molar-refractivity contribution < 1.29 is 22.6 Å². The molecule has 2 aromatic rings. The van der Waals surface area contributed by atoms with E-state index in [-0.39, 0.29) is 12.3 Å². The number of benzene rings is 1. The van der Waals surface area contributed by atoms with Crippen molar-refractivity contribution in [3.05, 3.63) is 53.7 Å². The van der Waals surface area contributed by atoms with Gasteiger partial charge < -0.3 is 25.0 Å². The highest BCUT2D eigenvalue weighted by molar-refractivity contribution is 5.80. The summed E-state index contributed by atoms with van der Waals surface area (Å²) in [7, 11) is 0. The first-order valence-electron chi connectivity index (χ1n) is 10.1. The summed E-state index contributed by atoms with van der Waals surface area (Å²) in [5.41, 5.74) is 1.34. The second kappa shape index (κ2) is 10.9. The van der Waals surface area contributed by atoms with Crippen molar-refractivity contribution in [3.8, 4) is 5.75 Å². The zero-order valence-electron chi connectivity index (χ0n) is 17.3. The monoisotopic (exact) mass is 437 g/mol. The molecule has 0 unspecified atom stereocenters. The number of nitrogens with one attached hydrogen (secondary N) is 2. The third-order valence-electron chi connectivity index (χ3n) is 4.57. The molecule has 0 amide bonds. The Morgan fingerprint density at radius 3 is 2.61 bits per heavy atom. The third kappa shape index (κ3) is 7.02. The normalized spacial score (nSPS) is 15.0. The number of halogens is 3. The predicted octanol–water partition coefficient (Wildman–Crippen LogP) is 3.07. The molecule has 2 N–H and O–H groups in total. The number of nitrogens with zero attached hydrogens (tertiary/aromatic N) is 3. The number of rotatable bonds is 7. The maximum Gasteiger partial charge on any atom is 0.573 e. The van der Waals surface area contributed by atoms with Gasteiger partial charge in [-0.1, -0.05) is 24.3 Å². The van der Waals surface area contributed by atoms with Gasteiger partial charge in [-0.15, -0.1) is 13.2 Å². The van der Waals surface area contributed by atoms with Crippen molar-refractivity contribution in [2.75, 3.05) is 37.7 Å². The summed E-state index contributed by atoms with van der Waals surface area (Å²) < 4.78 is 47.4. The lowest BCUT2D eigenvalue weighted by molar-refractivity contribution is -0.274. The lowest BCUT2D eigenvalue weighted by Crippen LogP contribution is -2.39. The van der Waals surface area contributed by atoms with Crippen LogP contribution < -0.4 is 20.3 Å². The molecule has 0 radical (unpaired) electrons. The molecular formula is C21H26F3N5O2. The number of aromatic nitrogens is 1. The first-order valence-corrected chi connectivity index (χ1v) is 10.1. The van der Waals surface area contributed by atoms with Gasteiger partial charge in [0.05, 0.1) is 19.8 Å². The SMILES string of the molecule is CCNC(=NCc1ccccc1OC(F)(F)F)NCc1cccnc1N1CCOCC1. The summed E-state index contributed by atoms with van der Waals surface area (Å²) >= 11 is 0. The predicted molar refractivity (Wildman–Crippen MR) is 112 cm³/mol. The average molecular weight is 437 g/mol. The van der Waals surface area contributed by atoms with Crippen molar-refractivity contribution in [1.29, 1.82) is 0 Å². The van der Waals surface area contributed by atoms with Gasteiger partial charge in [-0.2, -0.15) is 0 Å². The van der Waals surface area contributed by atoms with Crippen LogP contribution in [0.2, 0.25) is 0 Å². The molecule has 1 fully saturated rings. The smallest absolute Gasteiger partial charge is 0.405 e. The topological polar surface area (TPSA) is 71.0 Å². The van der Waals surface area contributed by atoms with E-state index in [1.54, 1.807) is 18.3 Å². The Morgan fingerprint density at radius 1 is 1.13 bits per heavy atom. The Morgan fingerprint density at radius 2 is 1.87 bits per heavy atom. The van der Waals surface area contributed by atoms with Gasteiger partial charge in [0, 0.05) is 43.5 Å². The first-order chi connectivity index (χ1) is 15.0. The van der Waals surface area contributed by atoms with Gasteiger partial charge in [0.15, 0.2) is 5.96 Å². The quantitative estimate of drug-likeness (QED) is 0.513. The minimum absolute atomic E-state index is 0.0327. The number of alkyl halides is 3. The molecule has 0 atom stereocenters. The largest absolute Gasteiger partial charge is 0.573 e. The maximum absolute atomic E-state index is 12.6. The van der Waals surface area contributed by atoms with Gasteiger partial charge in [-0.3, -0.25) is 0 Å². The molecule has 1 aromatic heterocycles. The zero-order valence-corrected chi connectivity index (χ0v) is 17.3. The van der Waals surface area contributed by atoms with Gasteiger partial charge in [0.25, 0.3) is 0 Å². The molecule has 0 aliphatic carbocycles. The Balaban J connectivity index is 1.69. The number of morpholine rings is 1. The molecular weight excluding hydrogens is 411 g/mol. The molecule has 31 heavy (non-hydrogen) atoms. The number of para-hydroxylation sites is 1. The fraction of sp³-hybridized carbons (Fsp3) is 0.429. The van der Waals surface area contributed by atoms with Crippen LogP contribution in [0.5, 0.6) is 5.75 Å². The summed E-state index contributed by atoms with van der Waals surface area (Å²) in [4.78, 5) is 11.1. The number of aliphatic imine (C=N–C) groups is 1. The van der Waals surface area contributed by atoms with Gasteiger partial charge in [-0.05, 0) is 19.1 Å². The van der Waals surface area contributed by atoms with Gasteiger partial charge in [-0.25, -0.2) is 9.98 Å². The van der Waals surface area contributed by atoms with E-state index >= 15 is 0 Å². The van der Waals surface area contributed by atoms with Crippen LogP contribution in [-0.2, 0) is 17.8 Å². The van der Waals surface area contributed by atoms with Gasteiger partial charge >= 0.3 is 6.36 Å². The lowest BCUT2D eigenvalue weighted by atomic mass is 10.2. The molecule has 1 aliphatic rings. The number of hydrogen-bond donors (Lipinski definition) is 2. The van der Waals surface area contributed by atoms with E-state index in [1.165, 1.54) is 12.1 Å². The number of guanidine groups is 1. The van der Waals surface area contributed by atoms with Crippen LogP contribution >= 0.6 is 0 Å². The van der Waals surface area contributed by atoms with Crippen LogP contribution in [0.4, 0.5) is 19.0 Å². The molecule has 0 spiro atoms. The number of hydrogen-bond acceptors (Lipinski definition) is 5. The van der Waals surface area contributed by atoms with E-state index in [0.29, 0.717) is 37.8 Å². The molecule has 2 heterocycles. The number of pyridine rings is 1. The number of anilines is 1.